The zero-order valence-electron chi connectivity index (χ0n) is 13.5. The zero-order chi connectivity index (χ0) is 16.8. The maximum absolute atomic E-state index is 11.7. The van der Waals surface area contributed by atoms with E-state index in [4.69, 9.17) is 4.74 Å². The highest BCUT2D eigenvalue weighted by Crippen LogP contribution is 2.15. The zero-order valence-corrected chi connectivity index (χ0v) is 14.3. The van der Waals surface area contributed by atoms with Crippen LogP contribution in [0.2, 0.25) is 0 Å². The van der Waals surface area contributed by atoms with Crippen molar-refractivity contribution in [1.29, 1.82) is 0 Å². The molecule has 7 nitrogen and oxygen atoms in total. The lowest BCUT2D eigenvalue weighted by atomic mass is 10.2. The first-order valence-corrected chi connectivity index (χ1v) is 8.07. The van der Waals surface area contributed by atoms with Crippen LogP contribution in [0.25, 0.3) is 0 Å². The third kappa shape index (κ3) is 6.30. The first kappa shape index (κ1) is 18.2. The van der Waals surface area contributed by atoms with Crippen LogP contribution in [0, 0.1) is 0 Å². The number of rotatable bonds is 6. The topological polar surface area (TPSA) is 93.2 Å². The summed E-state index contributed by atoms with van der Waals surface area (Å²) in [4.78, 5) is 30.9. The number of carbonyl (C=O) groups is 2. The summed E-state index contributed by atoms with van der Waals surface area (Å²) in [7, 11) is 0. The number of alkyl carbamates (subject to hydrolysis) is 1. The third-order valence-corrected chi connectivity index (χ3v) is 3.01. The Hall–Kier alpha value is -1.83. The minimum absolute atomic E-state index is 0.193. The average Bonchev–Trinajstić information content (AvgIpc) is 2.42. The Morgan fingerprint density at radius 2 is 2.18 bits per heavy atom. The number of carbonyl (C=O) groups excluding carboxylic acids is 2. The first-order valence-electron chi connectivity index (χ1n) is 6.84. The predicted molar refractivity (Wildman–Crippen MR) is 86.5 cm³/mol. The quantitative estimate of drug-likeness (QED) is 0.471. The van der Waals surface area contributed by atoms with Crippen LogP contribution >= 0.6 is 11.8 Å². The highest BCUT2D eigenvalue weighted by molar-refractivity contribution is 7.98. The van der Waals surface area contributed by atoms with E-state index in [0.717, 1.165) is 0 Å². The highest BCUT2D eigenvalue weighted by Gasteiger charge is 2.17. The number of nitrogens with one attached hydrogen (secondary N) is 2. The average molecular weight is 326 g/mol. The van der Waals surface area contributed by atoms with E-state index in [1.165, 1.54) is 18.0 Å². The number of anilines is 1. The lowest BCUT2D eigenvalue weighted by Crippen LogP contribution is -2.41. The van der Waals surface area contributed by atoms with Crippen LogP contribution in [0.5, 0.6) is 0 Å². The number of amides is 1. The van der Waals surface area contributed by atoms with E-state index >= 15 is 0 Å². The second-order valence-electron chi connectivity index (χ2n) is 5.71. The van der Waals surface area contributed by atoms with Gasteiger partial charge in [-0.3, -0.25) is 4.79 Å². The van der Waals surface area contributed by atoms with Crippen LogP contribution in [0.1, 0.15) is 38.1 Å². The molecule has 0 saturated heterocycles. The fourth-order valence-electron chi connectivity index (χ4n) is 1.51. The van der Waals surface area contributed by atoms with Crippen molar-refractivity contribution in [2.45, 2.75) is 44.5 Å². The van der Waals surface area contributed by atoms with Crippen molar-refractivity contribution in [2.75, 3.05) is 18.1 Å². The van der Waals surface area contributed by atoms with Gasteiger partial charge in [0, 0.05) is 18.8 Å². The molecule has 0 aliphatic heterocycles. The van der Waals surface area contributed by atoms with E-state index in [1.807, 2.05) is 13.2 Å². The second-order valence-corrected chi connectivity index (χ2v) is 6.48. The molecule has 0 aliphatic rings. The molecular formula is C14H22N4O3S. The molecule has 0 aliphatic carbocycles. The van der Waals surface area contributed by atoms with Crippen molar-refractivity contribution >= 4 is 30.0 Å². The molecule has 2 N–H and O–H groups in total. The van der Waals surface area contributed by atoms with Gasteiger partial charge in [0.25, 0.3) is 0 Å². The molecule has 1 heterocycles. The summed E-state index contributed by atoms with van der Waals surface area (Å²) in [5, 5.41) is 6.32. The van der Waals surface area contributed by atoms with Crippen molar-refractivity contribution in [3.8, 4) is 0 Å². The summed E-state index contributed by atoms with van der Waals surface area (Å²) >= 11 is 1.39. The largest absolute Gasteiger partial charge is 0.444 e. The number of aromatic nitrogens is 2. The lowest BCUT2D eigenvalue weighted by Gasteiger charge is -2.22. The minimum atomic E-state index is -0.540. The molecule has 0 spiro atoms. The van der Waals surface area contributed by atoms with Crippen LogP contribution in [0.4, 0.5) is 10.6 Å². The van der Waals surface area contributed by atoms with Gasteiger partial charge in [-0.2, -0.15) is 0 Å². The molecule has 1 aromatic heterocycles. The number of aldehydes is 1. The van der Waals surface area contributed by atoms with Crippen LogP contribution in [0.15, 0.2) is 11.4 Å². The molecule has 1 atom stereocenters. The summed E-state index contributed by atoms with van der Waals surface area (Å²) in [6, 6.07) is -0.193. The molecular weight excluding hydrogens is 304 g/mol. The third-order valence-electron chi connectivity index (χ3n) is 2.44. The van der Waals surface area contributed by atoms with Crippen molar-refractivity contribution in [1.82, 2.24) is 15.3 Å². The standard InChI is InChI=1S/C14H22N4O3S/c1-9(17-13(20)21-14(2,3)4)6-15-11-10(8-19)7-16-12(18-11)22-5/h7-9H,6H2,1-5H3,(H,17,20)(H,15,16,18)/t9-/m1/s1. The predicted octanol–water partition coefficient (Wildman–Crippen LogP) is 2.34. The highest BCUT2D eigenvalue weighted by atomic mass is 32.2. The van der Waals surface area contributed by atoms with Gasteiger partial charge in [-0.1, -0.05) is 11.8 Å². The van der Waals surface area contributed by atoms with Crippen LogP contribution in [0.3, 0.4) is 0 Å². The van der Waals surface area contributed by atoms with E-state index in [1.54, 1.807) is 20.8 Å². The first-order chi connectivity index (χ1) is 10.2. The Bertz CT molecular complexity index is 531. The maximum atomic E-state index is 11.7. The van der Waals surface area contributed by atoms with E-state index in [0.29, 0.717) is 29.4 Å². The number of hydrogen-bond acceptors (Lipinski definition) is 7. The molecule has 1 rings (SSSR count). The fourth-order valence-corrected chi connectivity index (χ4v) is 1.85. The van der Waals surface area contributed by atoms with E-state index in [2.05, 4.69) is 20.6 Å². The van der Waals surface area contributed by atoms with Crippen molar-refractivity contribution in [3.05, 3.63) is 11.8 Å². The number of thioether (sulfide) groups is 1. The Kier molecular flexibility index (Phi) is 6.61. The number of nitrogens with zero attached hydrogens (tertiary/aromatic N) is 2. The summed E-state index contributed by atoms with van der Waals surface area (Å²) in [5.74, 6) is 0.451. The second kappa shape index (κ2) is 7.98. The number of ether oxygens (including phenoxy) is 1. The van der Waals surface area contributed by atoms with E-state index in [9.17, 15) is 9.59 Å². The van der Waals surface area contributed by atoms with Gasteiger partial charge in [0.2, 0.25) is 0 Å². The van der Waals surface area contributed by atoms with E-state index < -0.39 is 11.7 Å². The van der Waals surface area contributed by atoms with Crippen LogP contribution < -0.4 is 10.6 Å². The Morgan fingerprint density at radius 1 is 1.50 bits per heavy atom. The van der Waals surface area contributed by atoms with Gasteiger partial charge in [-0.05, 0) is 34.0 Å². The van der Waals surface area contributed by atoms with Gasteiger partial charge < -0.3 is 15.4 Å². The van der Waals surface area contributed by atoms with Gasteiger partial charge in [0.1, 0.15) is 11.4 Å². The Labute approximate surface area is 134 Å². The van der Waals surface area contributed by atoms with Gasteiger partial charge in [-0.15, -0.1) is 0 Å². The molecule has 1 amide bonds. The van der Waals surface area contributed by atoms with Gasteiger partial charge in [-0.25, -0.2) is 14.8 Å². The summed E-state index contributed by atoms with van der Waals surface area (Å²) in [5.41, 5.74) is -0.163. The van der Waals surface area contributed by atoms with E-state index in [-0.39, 0.29) is 6.04 Å². The molecule has 0 aromatic carbocycles. The summed E-state index contributed by atoms with van der Waals surface area (Å²) in [6.45, 7) is 7.64. The Morgan fingerprint density at radius 3 is 2.73 bits per heavy atom. The van der Waals surface area contributed by atoms with Crippen molar-refractivity contribution in [3.63, 3.8) is 0 Å². The van der Waals surface area contributed by atoms with Crippen molar-refractivity contribution in [2.24, 2.45) is 0 Å². The van der Waals surface area contributed by atoms with Gasteiger partial charge in [0.05, 0.1) is 5.56 Å². The molecule has 0 fully saturated rings. The minimum Gasteiger partial charge on any atom is -0.444 e. The number of hydrogen-bond donors (Lipinski definition) is 2. The molecule has 8 heteroatoms. The van der Waals surface area contributed by atoms with Crippen LogP contribution in [-0.2, 0) is 4.74 Å². The van der Waals surface area contributed by atoms with Crippen LogP contribution in [-0.4, -0.2) is 46.8 Å². The SMILES string of the molecule is CSc1ncc(C=O)c(NC[C@@H](C)NC(=O)OC(C)(C)C)n1. The molecule has 1 aromatic rings. The molecule has 0 radical (unpaired) electrons. The maximum Gasteiger partial charge on any atom is 0.407 e. The van der Waals surface area contributed by atoms with Gasteiger partial charge in [0.15, 0.2) is 11.4 Å². The molecule has 122 valence electrons. The Balaban J connectivity index is 2.58. The summed E-state index contributed by atoms with van der Waals surface area (Å²) < 4.78 is 5.18. The smallest absolute Gasteiger partial charge is 0.407 e. The van der Waals surface area contributed by atoms with Crippen molar-refractivity contribution < 1.29 is 14.3 Å². The molecule has 0 saturated carbocycles. The van der Waals surface area contributed by atoms with Gasteiger partial charge >= 0.3 is 6.09 Å². The molecule has 0 bridgehead atoms. The fraction of sp³-hybridized carbons (Fsp3) is 0.571. The normalized spacial score (nSPS) is 12.4. The lowest BCUT2D eigenvalue weighted by molar-refractivity contribution is 0.0511. The molecule has 22 heavy (non-hydrogen) atoms. The molecule has 0 unspecified atom stereocenters. The monoisotopic (exact) mass is 326 g/mol. The summed E-state index contributed by atoms with van der Waals surface area (Å²) in [6.07, 6.45) is 3.54.